The molecule has 1 saturated carbocycles. The predicted molar refractivity (Wildman–Crippen MR) is 213 cm³/mol. The van der Waals surface area contributed by atoms with Crippen molar-refractivity contribution in [3.05, 3.63) is 11.1 Å². The molecule has 0 aromatic rings. The van der Waals surface area contributed by atoms with Crippen LogP contribution in [-0.2, 0) is 52.2 Å². The predicted octanol–water partition coefficient (Wildman–Crippen LogP) is 5.27. The summed E-state index contributed by atoms with van der Waals surface area (Å²) in [4.78, 5) is 37.5. The van der Waals surface area contributed by atoms with Gasteiger partial charge in [0.2, 0.25) is 0 Å². The van der Waals surface area contributed by atoms with Crippen LogP contribution in [0.1, 0.15) is 87.4 Å². The van der Waals surface area contributed by atoms with Gasteiger partial charge in [0.05, 0.1) is 65.6 Å². The van der Waals surface area contributed by atoms with Crippen LogP contribution in [0.5, 0.6) is 0 Å². The van der Waals surface area contributed by atoms with Gasteiger partial charge in [0.25, 0.3) is 0 Å². The zero-order valence-corrected chi connectivity index (χ0v) is 35.8. The van der Waals surface area contributed by atoms with Crippen molar-refractivity contribution in [2.45, 2.75) is 120 Å². The van der Waals surface area contributed by atoms with Crippen molar-refractivity contribution in [3.8, 4) is 0 Å². The topological polar surface area (TPSA) is 170 Å². The SMILES string of the molecule is CCC(CCCCC(=O)OCCOCCOCCOCCOCCNC(=O)O[C@@H]1[C@@]2(C(C)C)O[C@H]2C[C@@]2(O)[C@@]3(C)CCC4=C(COC4=O)[C@@H]3CO[C@]12C)SSC.[HH]. The summed E-state index contributed by atoms with van der Waals surface area (Å²) in [7, 11) is 3.71. The van der Waals surface area contributed by atoms with E-state index in [1.54, 1.807) is 10.8 Å². The van der Waals surface area contributed by atoms with Crippen LogP contribution in [0.2, 0.25) is 0 Å². The molecule has 5 rings (SSSR count). The van der Waals surface area contributed by atoms with Gasteiger partial charge in [-0.2, -0.15) is 0 Å². The molecular formula is C40H67NO13S2. The number of nitrogens with one attached hydrogen (secondary N) is 1. The number of carbonyl (C=O) groups excluding carboxylic acids is 3. The summed E-state index contributed by atoms with van der Waals surface area (Å²) in [5.41, 5.74) is -2.43. The molecule has 0 aromatic carbocycles. The number of rotatable bonds is 25. The number of ether oxygens (including phenoxy) is 9. The number of hydrogen-bond donors (Lipinski definition) is 2. The summed E-state index contributed by atoms with van der Waals surface area (Å²) < 4.78 is 51.9. The molecule has 5 aliphatic rings. The van der Waals surface area contributed by atoms with E-state index in [2.05, 4.69) is 25.4 Å². The number of amides is 1. The minimum atomic E-state index is -1.39. The van der Waals surface area contributed by atoms with Crippen molar-refractivity contribution in [1.29, 1.82) is 0 Å². The molecule has 2 saturated heterocycles. The number of alkyl carbamates (subject to hydrolysis) is 1. The van der Waals surface area contributed by atoms with E-state index in [-0.39, 0.29) is 64.3 Å². The molecule has 1 unspecified atom stereocenters. The van der Waals surface area contributed by atoms with Crippen molar-refractivity contribution < 1.29 is 63.5 Å². The van der Waals surface area contributed by atoms with E-state index in [9.17, 15) is 19.5 Å². The average Bonchev–Trinajstić information content (AvgIpc) is 3.78. The van der Waals surface area contributed by atoms with Crippen LogP contribution in [0.25, 0.3) is 0 Å². The Morgan fingerprint density at radius 3 is 2.30 bits per heavy atom. The van der Waals surface area contributed by atoms with E-state index in [1.807, 2.05) is 31.6 Å². The number of aliphatic hydroxyl groups is 1. The Morgan fingerprint density at radius 2 is 1.66 bits per heavy atom. The maximum absolute atomic E-state index is 13.2. The average molecular weight is 834 g/mol. The number of hydrogen-bond acceptors (Lipinski definition) is 15. The molecule has 2 N–H and O–H groups in total. The van der Waals surface area contributed by atoms with Crippen molar-refractivity contribution in [2.75, 3.05) is 85.5 Å². The molecule has 1 amide bonds. The molecule has 0 spiro atoms. The third-order valence-electron chi connectivity index (χ3n) is 12.7. The summed E-state index contributed by atoms with van der Waals surface area (Å²) in [6.45, 7) is 14.1. The highest BCUT2D eigenvalue weighted by Gasteiger charge is 2.83. The monoisotopic (exact) mass is 833 g/mol. The highest BCUT2D eigenvalue weighted by Crippen LogP contribution is 2.69. The number of carbonyl (C=O) groups is 3. The number of epoxide rings is 1. The Balaban J connectivity index is 0.00000720. The number of esters is 2. The molecule has 0 aromatic heterocycles. The van der Waals surface area contributed by atoms with Crippen LogP contribution in [0.3, 0.4) is 0 Å². The number of cyclic esters (lactones) is 1. The molecule has 8 atom stereocenters. The van der Waals surface area contributed by atoms with Crippen LogP contribution in [0, 0.1) is 17.3 Å². The van der Waals surface area contributed by atoms with E-state index in [0.717, 1.165) is 31.3 Å². The van der Waals surface area contributed by atoms with Crippen LogP contribution in [0.4, 0.5) is 4.79 Å². The fraction of sp³-hybridized carbons (Fsp3) is 0.875. The summed E-state index contributed by atoms with van der Waals surface area (Å²) in [5, 5.41) is 16.2. The van der Waals surface area contributed by atoms with Gasteiger partial charge in [0.15, 0.2) is 6.10 Å². The fourth-order valence-corrected chi connectivity index (χ4v) is 11.5. The quantitative estimate of drug-likeness (QED) is 0.0401. The largest absolute Gasteiger partial charge is 0.463 e. The number of unbranched alkanes of at least 4 members (excludes halogenated alkanes) is 1. The summed E-state index contributed by atoms with van der Waals surface area (Å²) >= 11 is 0. The van der Waals surface area contributed by atoms with Crippen LogP contribution in [-0.4, -0.2) is 143 Å². The first-order valence-electron chi connectivity index (χ1n) is 20.4. The molecule has 0 radical (unpaired) electrons. The maximum atomic E-state index is 13.2. The van der Waals surface area contributed by atoms with Gasteiger partial charge in [-0.05, 0) is 56.8 Å². The number of fused-ring (bicyclic) bond motifs is 5. The lowest BCUT2D eigenvalue weighted by Crippen LogP contribution is -2.79. The molecule has 322 valence electrons. The molecule has 3 fully saturated rings. The second-order valence-electron chi connectivity index (χ2n) is 16.1. The van der Waals surface area contributed by atoms with Gasteiger partial charge in [0.1, 0.15) is 30.0 Å². The van der Waals surface area contributed by atoms with E-state index in [4.69, 9.17) is 42.6 Å². The van der Waals surface area contributed by atoms with Gasteiger partial charge in [-0.3, -0.25) is 4.79 Å². The zero-order chi connectivity index (χ0) is 40.4. The summed E-state index contributed by atoms with van der Waals surface area (Å²) in [6.07, 6.45) is 6.37. The first-order valence-corrected chi connectivity index (χ1v) is 23.0. The molecule has 3 heterocycles. The minimum Gasteiger partial charge on any atom is -0.463 e. The van der Waals surface area contributed by atoms with Gasteiger partial charge in [-0.15, -0.1) is 0 Å². The van der Waals surface area contributed by atoms with Gasteiger partial charge in [0, 0.05) is 43.0 Å². The molecule has 3 aliphatic heterocycles. The van der Waals surface area contributed by atoms with Crippen molar-refractivity contribution in [3.63, 3.8) is 0 Å². The molecule has 0 bridgehead atoms. The molecule has 16 heteroatoms. The normalized spacial score (nSPS) is 32.2. The smallest absolute Gasteiger partial charge is 0.407 e. The molecular weight excluding hydrogens is 767 g/mol. The van der Waals surface area contributed by atoms with Crippen molar-refractivity contribution in [1.82, 2.24) is 5.32 Å². The lowest BCUT2D eigenvalue weighted by Gasteiger charge is -2.65. The summed E-state index contributed by atoms with van der Waals surface area (Å²) in [5.74, 6) is -0.637. The Bertz CT molecular complexity index is 1380. The van der Waals surface area contributed by atoms with E-state index in [0.29, 0.717) is 82.8 Å². The third-order valence-corrected chi connectivity index (χ3v) is 15.1. The molecule has 14 nitrogen and oxygen atoms in total. The Morgan fingerprint density at radius 1 is 1.00 bits per heavy atom. The van der Waals surface area contributed by atoms with Crippen LogP contribution >= 0.6 is 21.6 Å². The minimum absolute atomic E-state index is 0. The van der Waals surface area contributed by atoms with E-state index >= 15 is 0 Å². The molecule has 56 heavy (non-hydrogen) atoms. The van der Waals surface area contributed by atoms with Gasteiger partial charge < -0.3 is 53.1 Å². The maximum Gasteiger partial charge on any atom is 0.407 e. The van der Waals surface area contributed by atoms with Crippen LogP contribution < -0.4 is 5.32 Å². The van der Waals surface area contributed by atoms with Gasteiger partial charge in [-0.25, -0.2) is 9.59 Å². The highest BCUT2D eigenvalue weighted by atomic mass is 33.1. The lowest BCUT2D eigenvalue weighted by molar-refractivity contribution is -0.327. The first kappa shape index (κ1) is 45.5. The zero-order valence-electron chi connectivity index (χ0n) is 34.2. The Kier molecular flexibility index (Phi) is 16.7. The lowest BCUT2D eigenvalue weighted by atomic mass is 9.47. The van der Waals surface area contributed by atoms with Gasteiger partial charge in [-0.1, -0.05) is 55.7 Å². The Labute approximate surface area is 341 Å². The standard InChI is InChI=1S/C40H65NO13S2.H2/c1-7-28(56-55-6)10-8-9-11-33(42)50-23-22-49-21-20-48-19-18-47-17-16-46-15-14-41-36(44)53-35-38(5)39(45,24-32-40(35,54-32)27(2)3)37(4)13-12-29-30(25-51-34(29)43)31(37)26-52-38;/h27-28,31-32,35,45H,7-26H2,1-6H3,(H,41,44);1H/t28?,31-,32-,35-,37-,38+,39+,40-;/m0./s1. The fourth-order valence-electron chi connectivity index (χ4n) is 9.29. The Hall–Kier alpha value is -1.63. The summed E-state index contributed by atoms with van der Waals surface area (Å²) in [6, 6.07) is 0. The highest BCUT2D eigenvalue weighted by molar-refractivity contribution is 8.76. The second kappa shape index (κ2) is 20.6. The van der Waals surface area contributed by atoms with Crippen LogP contribution in [0.15, 0.2) is 11.1 Å². The first-order chi connectivity index (χ1) is 26.9. The van der Waals surface area contributed by atoms with E-state index in [1.165, 1.54) is 0 Å². The van der Waals surface area contributed by atoms with Crippen molar-refractivity contribution >= 4 is 39.6 Å². The van der Waals surface area contributed by atoms with Crippen molar-refractivity contribution in [2.24, 2.45) is 17.3 Å². The third kappa shape index (κ3) is 9.86. The van der Waals surface area contributed by atoms with Gasteiger partial charge >= 0.3 is 18.0 Å². The second-order valence-corrected chi connectivity index (χ2v) is 18.8. The molecule has 2 aliphatic carbocycles. The van der Waals surface area contributed by atoms with E-state index < -0.39 is 34.4 Å².